The van der Waals surface area contributed by atoms with E-state index < -0.39 is 0 Å². The number of aromatic nitrogens is 1. The van der Waals surface area contributed by atoms with E-state index in [9.17, 15) is 0 Å². The van der Waals surface area contributed by atoms with E-state index in [1.54, 1.807) is 19.2 Å². The lowest BCUT2D eigenvalue weighted by molar-refractivity contribution is 0.355. The largest absolute Gasteiger partial charge is 0.492 e. The first kappa shape index (κ1) is 12.6. The Morgan fingerprint density at radius 3 is 2.39 bits per heavy atom. The molecule has 0 atom stereocenters. The molecule has 2 aromatic rings. The first-order valence-electron chi connectivity index (χ1n) is 5.22. The second-order valence-electron chi connectivity index (χ2n) is 3.73. The number of nitrogens with zero attached hydrogens (tertiary/aromatic N) is 1. The third kappa shape index (κ3) is 1.97. The summed E-state index contributed by atoms with van der Waals surface area (Å²) in [4.78, 5) is 0. The van der Waals surface area contributed by atoms with E-state index >= 15 is 0 Å². The summed E-state index contributed by atoms with van der Waals surface area (Å²) in [6, 6.07) is 3.40. The molecule has 1 heterocycles. The summed E-state index contributed by atoms with van der Waals surface area (Å²) in [5.74, 6) is 1.21. The maximum Gasteiger partial charge on any atom is 0.222 e. The number of hydrogen-bond acceptors (Lipinski definition) is 5. The van der Waals surface area contributed by atoms with E-state index in [0.29, 0.717) is 22.2 Å². The molecule has 0 radical (unpaired) electrons. The van der Waals surface area contributed by atoms with Crippen LogP contribution in [0.25, 0.3) is 11.3 Å². The Labute approximate surface area is 109 Å². The van der Waals surface area contributed by atoms with Crippen molar-refractivity contribution in [2.45, 2.75) is 6.92 Å². The van der Waals surface area contributed by atoms with Gasteiger partial charge < -0.3 is 19.7 Å². The molecule has 0 spiro atoms. The fraction of sp³-hybridized carbons (Fsp3) is 0.250. The molecule has 0 bridgehead atoms. The Morgan fingerprint density at radius 2 is 1.89 bits per heavy atom. The van der Waals surface area contributed by atoms with Gasteiger partial charge in [0.2, 0.25) is 5.88 Å². The number of methoxy groups -OCH3 is 2. The topological polar surface area (TPSA) is 70.5 Å². The fourth-order valence-corrected chi connectivity index (χ4v) is 2.17. The number of hydrogen-bond donors (Lipinski definition) is 1. The Balaban J connectivity index is 2.73. The quantitative estimate of drug-likeness (QED) is 0.927. The van der Waals surface area contributed by atoms with Gasteiger partial charge in [-0.15, -0.1) is 0 Å². The van der Waals surface area contributed by atoms with Gasteiger partial charge in [-0.1, -0.05) is 16.8 Å². The van der Waals surface area contributed by atoms with Gasteiger partial charge >= 0.3 is 0 Å². The summed E-state index contributed by atoms with van der Waals surface area (Å²) in [6.07, 6.45) is 0. The number of rotatable bonds is 3. The first-order valence-corrected chi connectivity index (χ1v) is 5.60. The molecular formula is C12H13ClN2O3. The number of benzene rings is 1. The minimum absolute atomic E-state index is 0.236. The third-order valence-electron chi connectivity index (χ3n) is 2.58. The van der Waals surface area contributed by atoms with E-state index in [1.165, 1.54) is 7.11 Å². The lowest BCUT2D eigenvalue weighted by Crippen LogP contribution is -1.97. The zero-order chi connectivity index (χ0) is 13.3. The van der Waals surface area contributed by atoms with Crippen LogP contribution in [0, 0.1) is 6.92 Å². The van der Waals surface area contributed by atoms with Crippen LogP contribution in [-0.4, -0.2) is 19.4 Å². The molecule has 1 aromatic heterocycles. The molecule has 0 saturated carbocycles. The molecule has 0 aliphatic rings. The van der Waals surface area contributed by atoms with Crippen LogP contribution in [-0.2, 0) is 0 Å². The molecule has 0 unspecified atom stereocenters. The molecular weight excluding hydrogens is 256 g/mol. The second kappa shape index (κ2) is 4.78. The fourth-order valence-electron chi connectivity index (χ4n) is 1.84. The lowest BCUT2D eigenvalue weighted by Gasteiger charge is -2.15. The summed E-state index contributed by atoms with van der Waals surface area (Å²) in [7, 11) is 3.07. The summed E-state index contributed by atoms with van der Waals surface area (Å²) >= 11 is 6.10. The number of aryl methyl sites for hydroxylation is 1. The third-order valence-corrected chi connectivity index (χ3v) is 2.86. The van der Waals surface area contributed by atoms with Crippen LogP contribution in [0.15, 0.2) is 16.7 Å². The number of anilines is 1. The first-order chi connectivity index (χ1) is 8.58. The van der Waals surface area contributed by atoms with Crippen molar-refractivity contribution in [3.05, 3.63) is 22.7 Å². The SMILES string of the molecule is COc1c(Cl)cc(C)c(-c2cc(N)on2)c1OC. The second-order valence-corrected chi connectivity index (χ2v) is 4.14. The zero-order valence-corrected chi connectivity index (χ0v) is 11.0. The van der Waals surface area contributed by atoms with E-state index in [4.69, 9.17) is 31.3 Å². The van der Waals surface area contributed by atoms with Crippen molar-refractivity contribution in [3.63, 3.8) is 0 Å². The molecule has 18 heavy (non-hydrogen) atoms. The zero-order valence-electron chi connectivity index (χ0n) is 10.3. The maximum atomic E-state index is 6.10. The predicted octanol–water partition coefficient (Wildman–Crippen LogP) is 2.90. The monoisotopic (exact) mass is 268 g/mol. The van der Waals surface area contributed by atoms with Crippen LogP contribution >= 0.6 is 11.6 Å². The van der Waals surface area contributed by atoms with Gasteiger partial charge in [0.25, 0.3) is 0 Å². The van der Waals surface area contributed by atoms with Crippen LogP contribution in [0.4, 0.5) is 5.88 Å². The molecule has 1 aromatic carbocycles. The molecule has 5 nitrogen and oxygen atoms in total. The highest BCUT2D eigenvalue weighted by Gasteiger charge is 2.20. The molecule has 2 N–H and O–H groups in total. The highest BCUT2D eigenvalue weighted by Crippen LogP contribution is 2.44. The van der Waals surface area contributed by atoms with Gasteiger partial charge in [-0.05, 0) is 18.6 Å². The van der Waals surface area contributed by atoms with Gasteiger partial charge in [0.1, 0.15) is 5.69 Å². The van der Waals surface area contributed by atoms with Gasteiger partial charge in [0.15, 0.2) is 11.5 Å². The lowest BCUT2D eigenvalue weighted by atomic mass is 10.0. The van der Waals surface area contributed by atoms with Gasteiger partial charge in [-0.25, -0.2) is 0 Å². The van der Waals surface area contributed by atoms with Crippen molar-refractivity contribution in [1.29, 1.82) is 0 Å². The molecule has 96 valence electrons. The molecule has 0 aliphatic heterocycles. The molecule has 2 rings (SSSR count). The molecule has 0 fully saturated rings. The van der Waals surface area contributed by atoms with Crippen molar-refractivity contribution < 1.29 is 14.0 Å². The Hall–Kier alpha value is -1.88. The average Bonchev–Trinajstić information content (AvgIpc) is 2.74. The van der Waals surface area contributed by atoms with Crippen molar-refractivity contribution in [2.24, 2.45) is 0 Å². The van der Waals surface area contributed by atoms with E-state index in [-0.39, 0.29) is 5.88 Å². The summed E-state index contributed by atoms with van der Waals surface area (Å²) in [6.45, 7) is 1.90. The highest BCUT2D eigenvalue weighted by atomic mass is 35.5. The van der Waals surface area contributed by atoms with Gasteiger partial charge in [0.05, 0.1) is 24.8 Å². The van der Waals surface area contributed by atoms with Crippen molar-refractivity contribution >= 4 is 17.5 Å². The number of ether oxygens (including phenoxy) is 2. The Morgan fingerprint density at radius 1 is 1.22 bits per heavy atom. The maximum absolute atomic E-state index is 6.10. The van der Waals surface area contributed by atoms with Crippen LogP contribution in [0.1, 0.15) is 5.56 Å². The molecule has 0 saturated heterocycles. The number of nitrogen functional groups attached to an aromatic ring is 1. The highest BCUT2D eigenvalue weighted by molar-refractivity contribution is 6.32. The van der Waals surface area contributed by atoms with Crippen LogP contribution in [0.5, 0.6) is 11.5 Å². The van der Waals surface area contributed by atoms with Gasteiger partial charge in [-0.3, -0.25) is 0 Å². The Kier molecular flexibility index (Phi) is 3.34. The van der Waals surface area contributed by atoms with Crippen molar-refractivity contribution in [2.75, 3.05) is 20.0 Å². The van der Waals surface area contributed by atoms with Crippen LogP contribution in [0.3, 0.4) is 0 Å². The molecule has 6 heteroatoms. The van der Waals surface area contributed by atoms with Crippen molar-refractivity contribution in [1.82, 2.24) is 5.16 Å². The van der Waals surface area contributed by atoms with E-state index in [1.807, 2.05) is 6.92 Å². The predicted molar refractivity (Wildman–Crippen MR) is 69.2 cm³/mol. The standard InChI is InChI=1S/C12H13ClN2O3/c1-6-4-7(13)11(16-2)12(17-3)10(6)8-5-9(14)18-15-8/h4-5H,14H2,1-3H3. The summed E-state index contributed by atoms with van der Waals surface area (Å²) in [5.41, 5.74) is 7.75. The van der Waals surface area contributed by atoms with E-state index in [0.717, 1.165) is 11.1 Å². The summed E-state index contributed by atoms with van der Waals surface area (Å²) < 4.78 is 15.5. The number of nitrogens with two attached hydrogens (primary N) is 1. The van der Waals surface area contributed by atoms with Crippen molar-refractivity contribution in [3.8, 4) is 22.8 Å². The molecule has 0 aliphatic carbocycles. The summed E-state index contributed by atoms with van der Waals surface area (Å²) in [5, 5.41) is 4.36. The average molecular weight is 269 g/mol. The van der Waals surface area contributed by atoms with Gasteiger partial charge in [-0.2, -0.15) is 0 Å². The van der Waals surface area contributed by atoms with E-state index in [2.05, 4.69) is 5.16 Å². The van der Waals surface area contributed by atoms with Crippen LogP contribution < -0.4 is 15.2 Å². The number of halogens is 1. The minimum Gasteiger partial charge on any atom is -0.492 e. The minimum atomic E-state index is 0.236. The molecule has 0 amide bonds. The van der Waals surface area contributed by atoms with Crippen LogP contribution in [0.2, 0.25) is 5.02 Å². The smallest absolute Gasteiger partial charge is 0.222 e. The van der Waals surface area contributed by atoms with Gasteiger partial charge in [0, 0.05) is 6.07 Å². The Bertz CT molecular complexity index is 581. The normalized spacial score (nSPS) is 10.4.